The zero-order valence-corrected chi connectivity index (χ0v) is 16.6. The van der Waals surface area contributed by atoms with Crippen molar-refractivity contribution in [1.29, 1.82) is 0 Å². The Balaban J connectivity index is 1.62. The number of carbonyl (C=O) groups is 1. The van der Waals surface area contributed by atoms with Crippen LogP contribution in [-0.4, -0.2) is 20.9 Å². The number of anilines is 2. The van der Waals surface area contributed by atoms with Crippen LogP contribution in [0.1, 0.15) is 15.9 Å². The smallest absolute Gasteiger partial charge is 0.265 e. The van der Waals surface area contributed by atoms with Gasteiger partial charge in [-0.05, 0) is 36.2 Å². The van der Waals surface area contributed by atoms with Crippen LogP contribution in [0.4, 0.5) is 11.4 Å². The molecule has 2 heterocycles. The summed E-state index contributed by atoms with van der Waals surface area (Å²) < 4.78 is 33.9. The maximum atomic E-state index is 13.4. The average Bonchev–Trinajstić information content (AvgIpc) is 3.08. The summed E-state index contributed by atoms with van der Waals surface area (Å²) in [5, 5.41) is 2.75. The summed E-state index contributed by atoms with van der Waals surface area (Å²) in [6.07, 6.45) is 0.622. The molecule has 0 saturated carbocycles. The van der Waals surface area contributed by atoms with E-state index in [2.05, 4.69) is 5.32 Å². The monoisotopic (exact) mass is 426 g/mol. The molecule has 0 fully saturated rings. The van der Waals surface area contributed by atoms with E-state index < -0.39 is 15.9 Å². The van der Waals surface area contributed by atoms with Crippen LogP contribution in [0.2, 0.25) is 5.02 Å². The third-order valence-corrected chi connectivity index (χ3v) is 7.32. The van der Waals surface area contributed by atoms with Crippen LogP contribution >= 0.6 is 11.6 Å². The number of benzene rings is 3. The molecule has 0 bridgehead atoms. The predicted octanol–water partition coefficient (Wildman–Crippen LogP) is 4.45. The molecule has 1 N–H and O–H groups in total. The number of fused-ring (bicyclic) bond motifs is 3. The maximum absolute atomic E-state index is 13.4. The van der Waals surface area contributed by atoms with Gasteiger partial charge >= 0.3 is 0 Å². The molecule has 2 aliphatic heterocycles. The third-order valence-electron chi connectivity index (χ3n) is 5.05. The standard InChI is InChI=1S/C21H15ClN2O4S/c22-15-12-19-14(21(25)23-16-6-2-4-8-18(16)28-19)11-20(15)29(26,27)24-10-9-13-5-1-3-7-17(13)24/h1-8,11-12H,9-10H2,(H,23,25). The minimum absolute atomic E-state index is 0.000289. The molecular formula is C21H15ClN2O4S. The fourth-order valence-electron chi connectivity index (χ4n) is 3.64. The molecule has 8 heteroatoms. The first-order valence-corrected chi connectivity index (χ1v) is 10.8. The van der Waals surface area contributed by atoms with E-state index in [4.69, 9.17) is 16.3 Å². The molecule has 0 spiro atoms. The van der Waals surface area contributed by atoms with Gasteiger partial charge in [0.1, 0.15) is 10.6 Å². The maximum Gasteiger partial charge on any atom is 0.265 e. The van der Waals surface area contributed by atoms with Gasteiger partial charge in [-0.1, -0.05) is 41.9 Å². The number of sulfonamides is 1. The number of nitrogens with zero attached hydrogens (tertiary/aromatic N) is 1. The van der Waals surface area contributed by atoms with E-state index in [-0.39, 0.29) is 21.2 Å². The van der Waals surface area contributed by atoms with Crippen LogP contribution in [0.3, 0.4) is 0 Å². The van der Waals surface area contributed by atoms with Crippen molar-refractivity contribution >= 4 is 38.9 Å². The lowest BCUT2D eigenvalue weighted by Crippen LogP contribution is -2.29. The van der Waals surface area contributed by atoms with Gasteiger partial charge in [-0.25, -0.2) is 8.42 Å². The molecule has 5 rings (SSSR count). The van der Waals surface area contributed by atoms with Gasteiger partial charge in [-0.3, -0.25) is 9.10 Å². The van der Waals surface area contributed by atoms with Crippen LogP contribution in [0, 0.1) is 0 Å². The minimum atomic E-state index is -3.95. The Hall–Kier alpha value is -3.03. The minimum Gasteiger partial charge on any atom is -0.454 e. The third kappa shape index (κ3) is 2.85. The number of nitrogens with one attached hydrogen (secondary N) is 1. The Morgan fingerprint density at radius 3 is 2.62 bits per heavy atom. The van der Waals surface area contributed by atoms with Crippen molar-refractivity contribution in [2.45, 2.75) is 11.3 Å². The normalized spacial score (nSPS) is 14.9. The molecule has 0 saturated heterocycles. The molecule has 3 aromatic carbocycles. The number of carbonyl (C=O) groups excluding carboxylic acids is 1. The van der Waals surface area contributed by atoms with E-state index in [1.807, 2.05) is 12.1 Å². The lowest BCUT2D eigenvalue weighted by Gasteiger charge is -2.21. The highest BCUT2D eigenvalue weighted by Crippen LogP contribution is 2.41. The van der Waals surface area contributed by atoms with Crippen molar-refractivity contribution in [3.05, 3.63) is 76.8 Å². The summed E-state index contributed by atoms with van der Waals surface area (Å²) in [4.78, 5) is 12.6. The Morgan fingerprint density at radius 2 is 1.76 bits per heavy atom. The van der Waals surface area contributed by atoms with Gasteiger partial charge in [0.2, 0.25) is 0 Å². The number of rotatable bonds is 2. The quantitative estimate of drug-likeness (QED) is 0.656. The van der Waals surface area contributed by atoms with Gasteiger partial charge < -0.3 is 10.1 Å². The first-order valence-electron chi connectivity index (χ1n) is 8.97. The molecule has 0 atom stereocenters. The molecular weight excluding hydrogens is 412 g/mol. The highest BCUT2D eigenvalue weighted by Gasteiger charge is 2.34. The van der Waals surface area contributed by atoms with Crippen molar-refractivity contribution < 1.29 is 17.9 Å². The molecule has 29 heavy (non-hydrogen) atoms. The first kappa shape index (κ1) is 18.0. The second-order valence-corrected chi connectivity index (χ2v) is 9.02. The van der Waals surface area contributed by atoms with Crippen LogP contribution in [0.25, 0.3) is 0 Å². The Labute approximate surface area is 172 Å². The SMILES string of the molecule is O=C1Nc2ccccc2Oc2cc(Cl)c(S(=O)(=O)N3CCc4ccccc43)cc21. The first-order chi connectivity index (χ1) is 13.9. The Kier molecular flexibility index (Phi) is 4.04. The van der Waals surface area contributed by atoms with Crippen molar-refractivity contribution in [2.24, 2.45) is 0 Å². The van der Waals surface area contributed by atoms with E-state index in [9.17, 15) is 13.2 Å². The van der Waals surface area contributed by atoms with E-state index >= 15 is 0 Å². The highest BCUT2D eigenvalue weighted by atomic mass is 35.5. The number of ether oxygens (including phenoxy) is 1. The van der Waals surface area contributed by atoms with Crippen LogP contribution in [0.15, 0.2) is 65.6 Å². The number of halogens is 1. The van der Waals surface area contributed by atoms with Crippen molar-refractivity contribution in [1.82, 2.24) is 0 Å². The number of amides is 1. The van der Waals surface area contributed by atoms with Gasteiger partial charge in [-0.15, -0.1) is 0 Å². The molecule has 0 aromatic heterocycles. The van der Waals surface area contributed by atoms with E-state index in [0.29, 0.717) is 30.1 Å². The predicted molar refractivity (Wildman–Crippen MR) is 111 cm³/mol. The second-order valence-electron chi connectivity index (χ2n) is 6.79. The lowest BCUT2D eigenvalue weighted by atomic mass is 10.2. The summed E-state index contributed by atoms with van der Waals surface area (Å²) >= 11 is 6.36. The summed E-state index contributed by atoms with van der Waals surface area (Å²) in [7, 11) is -3.95. The van der Waals surface area contributed by atoms with Crippen LogP contribution in [0.5, 0.6) is 11.5 Å². The summed E-state index contributed by atoms with van der Waals surface area (Å²) in [6.45, 7) is 0.323. The molecule has 1 amide bonds. The molecule has 146 valence electrons. The molecule has 6 nitrogen and oxygen atoms in total. The second kappa shape index (κ2) is 6.50. The van der Waals surface area contributed by atoms with Crippen molar-refractivity contribution in [3.63, 3.8) is 0 Å². The van der Waals surface area contributed by atoms with Gasteiger partial charge in [0.25, 0.3) is 15.9 Å². The summed E-state index contributed by atoms with van der Waals surface area (Å²) in [5.41, 5.74) is 2.20. The van der Waals surface area contributed by atoms with E-state index in [0.717, 1.165) is 5.56 Å². The van der Waals surface area contributed by atoms with Crippen LogP contribution in [-0.2, 0) is 16.4 Å². The lowest BCUT2D eigenvalue weighted by molar-refractivity contribution is 0.102. The molecule has 0 radical (unpaired) electrons. The van der Waals surface area contributed by atoms with Crippen molar-refractivity contribution in [3.8, 4) is 11.5 Å². The number of para-hydroxylation sites is 3. The molecule has 3 aromatic rings. The molecule has 0 aliphatic carbocycles. The largest absolute Gasteiger partial charge is 0.454 e. The van der Waals surface area contributed by atoms with E-state index in [1.165, 1.54) is 16.4 Å². The Morgan fingerprint density at radius 1 is 1.00 bits per heavy atom. The summed E-state index contributed by atoms with van der Waals surface area (Å²) in [5.74, 6) is 0.206. The summed E-state index contributed by atoms with van der Waals surface area (Å²) in [6, 6.07) is 17.0. The number of hydrogen-bond donors (Lipinski definition) is 1. The number of hydrogen-bond acceptors (Lipinski definition) is 4. The van der Waals surface area contributed by atoms with Gasteiger partial charge in [0.15, 0.2) is 5.75 Å². The highest BCUT2D eigenvalue weighted by molar-refractivity contribution is 7.93. The van der Waals surface area contributed by atoms with Crippen molar-refractivity contribution in [2.75, 3.05) is 16.2 Å². The Bertz CT molecular complexity index is 1270. The zero-order valence-electron chi connectivity index (χ0n) is 15.1. The fourth-order valence-corrected chi connectivity index (χ4v) is 5.66. The van der Waals surface area contributed by atoms with E-state index in [1.54, 1.807) is 36.4 Å². The fraction of sp³-hybridized carbons (Fsp3) is 0.0952. The average molecular weight is 427 g/mol. The zero-order chi connectivity index (χ0) is 20.2. The van der Waals surface area contributed by atoms with Gasteiger partial charge in [-0.2, -0.15) is 0 Å². The molecule has 0 unspecified atom stereocenters. The van der Waals surface area contributed by atoms with Crippen LogP contribution < -0.4 is 14.4 Å². The molecule has 2 aliphatic rings. The van der Waals surface area contributed by atoms with Gasteiger partial charge in [0.05, 0.1) is 22.0 Å². The van der Waals surface area contributed by atoms with Gasteiger partial charge in [0, 0.05) is 12.6 Å². The topological polar surface area (TPSA) is 75.7 Å².